The van der Waals surface area contributed by atoms with Crippen molar-refractivity contribution in [1.29, 1.82) is 0 Å². The Hall–Kier alpha value is -1.81. The van der Waals surface area contributed by atoms with Gasteiger partial charge in [0.05, 0.1) is 6.10 Å². The molecule has 0 spiro atoms. The molecule has 0 radical (unpaired) electrons. The first-order valence-corrected chi connectivity index (χ1v) is 6.42. The van der Waals surface area contributed by atoms with E-state index in [1.165, 1.54) is 0 Å². The Labute approximate surface area is 112 Å². The fraction of sp³-hybridized carbons (Fsp3) is 0.400. The summed E-state index contributed by atoms with van der Waals surface area (Å²) in [6, 6.07) is 5.68. The van der Waals surface area contributed by atoms with Crippen LogP contribution >= 0.6 is 0 Å². The van der Waals surface area contributed by atoms with Crippen molar-refractivity contribution < 1.29 is 19.4 Å². The summed E-state index contributed by atoms with van der Waals surface area (Å²) in [4.78, 5) is 10.6. The van der Waals surface area contributed by atoms with Gasteiger partial charge in [-0.05, 0) is 31.4 Å². The van der Waals surface area contributed by atoms with Gasteiger partial charge in [0.15, 0.2) is 0 Å². The van der Waals surface area contributed by atoms with Gasteiger partial charge in [0.1, 0.15) is 12.4 Å². The molecule has 1 aliphatic heterocycles. The second kappa shape index (κ2) is 6.38. The number of benzene rings is 1. The van der Waals surface area contributed by atoms with Gasteiger partial charge >= 0.3 is 5.97 Å². The number of hydrogen-bond acceptors (Lipinski definition) is 3. The van der Waals surface area contributed by atoms with Gasteiger partial charge in [0.25, 0.3) is 0 Å². The normalized spacial score (nSPS) is 18.9. The van der Waals surface area contributed by atoms with Gasteiger partial charge in [-0.1, -0.05) is 18.2 Å². The van der Waals surface area contributed by atoms with Crippen molar-refractivity contribution in [3.8, 4) is 5.75 Å². The van der Waals surface area contributed by atoms with Crippen LogP contribution in [0.4, 0.5) is 0 Å². The Morgan fingerprint density at radius 1 is 1.58 bits per heavy atom. The number of carboxylic acid groups (broad SMARTS) is 1. The molecule has 0 saturated carbocycles. The predicted octanol–water partition coefficient (Wildman–Crippen LogP) is 2.65. The van der Waals surface area contributed by atoms with Crippen LogP contribution in [0.2, 0.25) is 0 Å². The highest BCUT2D eigenvalue weighted by atomic mass is 16.5. The first-order valence-electron chi connectivity index (χ1n) is 6.42. The van der Waals surface area contributed by atoms with Crippen molar-refractivity contribution in [2.75, 3.05) is 13.2 Å². The molecule has 4 heteroatoms. The van der Waals surface area contributed by atoms with Crippen molar-refractivity contribution in [3.05, 3.63) is 35.4 Å². The van der Waals surface area contributed by atoms with Gasteiger partial charge < -0.3 is 14.6 Å². The Morgan fingerprint density at radius 2 is 2.42 bits per heavy atom. The molecule has 1 fully saturated rings. The minimum absolute atomic E-state index is 0.149. The summed E-state index contributed by atoms with van der Waals surface area (Å²) in [5, 5.41) is 8.69. The third kappa shape index (κ3) is 3.83. The standard InChI is InChI=1S/C15H18O4/c1-11-4-2-5-12(7-8-14(16)17)15(11)19-10-13-6-3-9-18-13/h2,4-5,7-8,13H,3,6,9-10H2,1H3,(H,16,17)/b8-7+. The SMILES string of the molecule is Cc1cccc(/C=C/C(=O)O)c1OCC1CCCO1. The molecule has 1 heterocycles. The van der Waals surface area contributed by atoms with E-state index in [0.29, 0.717) is 6.61 Å². The topological polar surface area (TPSA) is 55.8 Å². The number of aliphatic carboxylic acids is 1. The van der Waals surface area contributed by atoms with Gasteiger partial charge in [0, 0.05) is 18.2 Å². The summed E-state index contributed by atoms with van der Waals surface area (Å²) in [7, 11) is 0. The molecule has 0 amide bonds. The maximum atomic E-state index is 10.6. The summed E-state index contributed by atoms with van der Waals surface area (Å²) in [5.74, 6) is -0.234. The Kier molecular flexibility index (Phi) is 4.58. The monoisotopic (exact) mass is 262 g/mol. The second-order valence-corrected chi connectivity index (χ2v) is 4.61. The highest BCUT2D eigenvalue weighted by molar-refractivity contribution is 5.86. The van der Waals surface area contributed by atoms with Crippen molar-refractivity contribution in [2.24, 2.45) is 0 Å². The number of aryl methyl sites for hydroxylation is 1. The second-order valence-electron chi connectivity index (χ2n) is 4.61. The number of ether oxygens (including phenoxy) is 2. The fourth-order valence-electron chi connectivity index (χ4n) is 2.12. The fourth-order valence-corrected chi connectivity index (χ4v) is 2.12. The lowest BCUT2D eigenvalue weighted by Gasteiger charge is -2.15. The molecule has 1 aromatic carbocycles. The summed E-state index contributed by atoms with van der Waals surface area (Å²) < 4.78 is 11.3. The van der Waals surface area contributed by atoms with Gasteiger partial charge in [-0.25, -0.2) is 4.79 Å². The number of hydrogen-bond donors (Lipinski definition) is 1. The molecule has 4 nitrogen and oxygen atoms in total. The van der Waals surface area contributed by atoms with Crippen LogP contribution in [0.1, 0.15) is 24.0 Å². The molecule has 1 atom stereocenters. The molecule has 1 N–H and O–H groups in total. The van der Waals surface area contributed by atoms with Crippen LogP contribution in [0, 0.1) is 6.92 Å². The Morgan fingerprint density at radius 3 is 3.11 bits per heavy atom. The van der Waals surface area contributed by atoms with E-state index in [-0.39, 0.29) is 6.10 Å². The molecule has 1 aromatic rings. The van der Waals surface area contributed by atoms with Gasteiger partial charge in [-0.3, -0.25) is 0 Å². The maximum Gasteiger partial charge on any atom is 0.328 e. The van der Waals surface area contributed by atoms with Crippen LogP contribution in [0.5, 0.6) is 5.75 Å². The smallest absolute Gasteiger partial charge is 0.328 e. The summed E-state index contributed by atoms with van der Waals surface area (Å²) in [5.41, 5.74) is 1.77. The molecule has 19 heavy (non-hydrogen) atoms. The molecule has 1 aliphatic rings. The van der Waals surface area contributed by atoms with Crippen LogP contribution in [-0.2, 0) is 9.53 Å². The summed E-state index contributed by atoms with van der Waals surface area (Å²) >= 11 is 0. The van der Waals surface area contributed by atoms with Crippen molar-refractivity contribution in [1.82, 2.24) is 0 Å². The van der Waals surface area contributed by atoms with E-state index in [9.17, 15) is 4.79 Å². The zero-order chi connectivity index (χ0) is 13.7. The van der Waals surface area contributed by atoms with Gasteiger partial charge in [-0.15, -0.1) is 0 Å². The van der Waals surface area contributed by atoms with Crippen LogP contribution in [0.15, 0.2) is 24.3 Å². The van der Waals surface area contributed by atoms with E-state index >= 15 is 0 Å². The zero-order valence-corrected chi connectivity index (χ0v) is 11.0. The third-order valence-electron chi connectivity index (χ3n) is 3.09. The van der Waals surface area contributed by atoms with E-state index in [1.54, 1.807) is 6.08 Å². The van der Waals surface area contributed by atoms with Crippen LogP contribution in [0.3, 0.4) is 0 Å². The molecule has 102 valence electrons. The molecular weight excluding hydrogens is 244 g/mol. The first-order chi connectivity index (χ1) is 9.16. The van der Waals surface area contributed by atoms with Crippen molar-refractivity contribution in [2.45, 2.75) is 25.9 Å². The van der Waals surface area contributed by atoms with E-state index in [0.717, 1.165) is 42.4 Å². The molecule has 0 bridgehead atoms. The minimum Gasteiger partial charge on any atom is -0.490 e. The molecule has 0 aromatic heterocycles. The van der Waals surface area contributed by atoms with Crippen molar-refractivity contribution in [3.63, 3.8) is 0 Å². The molecule has 2 rings (SSSR count). The minimum atomic E-state index is -0.966. The number of carbonyl (C=O) groups is 1. The molecular formula is C15H18O4. The largest absolute Gasteiger partial charge is 0.490 e. The zero-order valence-electron chi connectivity index (χ0n) is 11.0. The molecule has 0 aliphatic carbocycles. The summed E-state index contributed by atoms with van der Waals surface area (Å²) in [6.45, 7) is 3.26. The highest BCUT2D eigenvalue weighted by Crippen LogP contribution is 2.26. The Bertz CT molecular complexity index is 473. The average Bonchev–Trinajstić information content (AvgIpc) is 2.88. The van der Waals surface area contributed by atoms with Gasteiger partial charge in [0.2, 0.25) is 0 Å². The van der Waals surface area contributed by atoms with E-state index < -0.39 is 5.97 Å². The number of carboxylic acids is 1. The molecule has 1 unspecified atom stereocenters. The number of rotatable bonds is 5. The van der Waals surface area contributed by atoms with E-state index in [2.05, 4.69) is 0 Å². The average molecular weight is 262 g/mol. The van der Waals surface area contributed by atoms with E-state index in [1.807, 2.05) is 25.1 Å². The first kappa shape index (κ1) is 13.6. The van der Waals surface area contributed by atoms with E-state index in [4.69, 9.17) is 14.6 Å². The van der Waals surface area contributed by atoms with Crippen LogP contribution in [-0.4, -0.2) is 30.4 Å². The summed E-state index contributed by atoms with van der Waals surface area (Å²) in [6.07, 6.45) is 4.92. The third-order valence-corrected chi connectivity index (χ3v) is 3.09. The lowest BCUT2D eigenvalue weighted by atomic mass is 10.1. The Balaban J connectivity index is 2.10. The highest BCUT2D eigenvalue weighted by Gasteiger charge is 2.17. The molecule has 1 saturated heterocycles. The van der Waals surface area contributed by atoms with Crippen molar-refractivity contribution >= 4 is 12.0 Å². The maximum absolute atomic E-state index is 10.6. The van der Waals surface area contributed by atoms with Crippen LogP contribution < -0.4 is 4.74 Å². The van der Waals surface area contributed by atoms with Gasteiger partial charge in [-0.2, -0.15) is 0 Å². The lowest BCUT2D eigenvalue weighted by molar-refractivity contribution is -0.131. The number of para-hydroxylation sites is 1. The van der Waals surface area contributed by atoms with Crippen LogP contribution in [0.25, 0.3) is 6.08 Å². The lowest BCUT2D eigenvalue weighted by Crippen LogP contribution is -2.17. The predicted molar refractivity (Wildman–Crippen MR) is 72.3 cm³/mol. The quantitative estimate of drug-likeness (QED) is 0.829.